The number of carbonyl (C=O) groups excluding carboxylic acids is 1. The summed E-state index contributed by atoms with van der Waals surface area (Å²) in [5, 5.41) is 3.08. The van der Waals surface area contributed by atoms with Crippen LogP contribution in [0.5, 0.6) is 0 Å². The molecule has 0 bridgehead atoms. The maximum absolute atomic E-state index is 12.3. The second kappa shape index (κ2) is 4.78. The van der Waals surface area contributed by atoms with Crippen LogP contribution in [-0.2, 0) is 4.79 Å². The van der Waals surface area contributed by atoms with Gasteiger partial charge in [0.25, 0.3) is 5.91 Å². The summed E-state index contributed by atoms with van der Waals surface area (Å²) in [5.41, 5.74) is 5.09. The Labute approximate surface area is 119 Å². The Morgan fingerprint density at radius 3 is 2.65 bits per heavy atom. The van der Waals surface area contributed by atoms with Crippen LogP contribution in [0.25, 0.3) is 0 Å². The highest BCUT2D eigenvalue weighted by Crippen LogP contribution is 2.33. The third kappa shape index (κ3) is 2.01. The number of amides is 1. The van der Waals surface area contributed by atoms with Crippen LogP contribution in [0.15, 0.2) is 40.5 Å². The van der Waals surface area contributed by atoms with Gasteiger partial charge in [-0.15, -0.1) is 0 Å². The van der Waals surface area contributed by atoms with Gasteiger partial charge in [-0.2, -0.15) is 0 Å². The second-order valence-electron chi connectivity index (χ2n) is 5.47. The predicted octanol–water partition coefficient (Wildman–Crippen LogP) is 1.83. The van der Waals surface area contributed by atoms with Crippen molar-refractivity contribution < 1.29 is 4.79 Å². The largest absolute Gasteiger partial charge is 0.368 e. The topological polar surface area (TPSA) is 44.7 Å². The van der Waals surface area contributed by atoms with Gasteiger partial charge in [0, 0.05) is 24.9 Å². The van der Waals surface area contributed by atoms with Crippen molar-refractivity contribution in [2.45, 2.75) is 19.9 Å². The Bertz CT molecular complexity index is 613. The molecule has 1 atom stereocenters. The summed E-state index contributed by atoms with van der Waals surface area (Å²) >= 11 is 0. The van der Waals surface area contributed by atoms with E-state index >= 15 is 0 Å². The molecule has 3 rings (SSSR count). The summed E-state index contributed by atoms with van der Waals surface area (Å²) in [5.74, 6) is 0.00419. The standard InChI is InChI=1S/C16H19N3O/c1-10-4-6-12(7-5-10)14-13-11(2)17-8-9-19(3)15(13)16(20)18-14/h4-7,14H,8-9H2,1-3H3,(H,18,20). The fourth-order valence-electron chi connectivity index (χ4n) is 2.86. The van der Waals surface area contributed by atoms with Gasteiger partial charge in [0.15, 0.2) is 0 Å². The first-order chi connectivity index (χ1) is 9.58. The van der Waals surface area contributed by atoms with E-state index in [0.717, 1.165) is 35.6 Å². The molecule has 2 heterocycles. The molecule has 1 aromatic rings. The fourth-order valence-corrected chi connectivity index (χ4v) is 2.86. The van der Waals surface area contributed by atoms with Gasteiger partial charge in [-0.05, 0) is 19.4 Å². The van der Waals surface area contributed by atoms with E-state index in [1.165, 1.54) is 5.56 Å². The number of hydrogen-bond acceptors (Lipinski definition) is 3. The SMILES string of the molecule is CC1=NCCN(C)C2=C1C(c1ccc(C)cc1)NC2=O. The molecule has 0 aromatic heterocycles. The van der Waals surface area contributed by atoms with Gasteiger partial charge in [0.1, 0.15) is 5.70 Å². The molecule has 0 saturated carbocycles. The quantitative estimate of drug-likeness (QED) is 0.845. The molecule has 1 N–H and O–H groups in total. The van der Waals surface area contributed by atoms with Crippen molar-refractivity contribution in [1.82, 2.24) is 10.2 Å². The van der Waals surface area contributed by atoms with Gasteiger partial charge in [0.2, 0.25) is 0 Å². The summed E-state index contributed by atoms with van der Waals surface area (Å²) < 4.78 is 0. The first-order valence-corrected chi connectivity index (χ1v) is 6.92. The van der Waals surface area contributed by atoms with E-state index in [1.54, 1.807) is 0 Å². The van der Waals surface area contributed by atoms with Crippen molar-refractivity contribution in [3.05, 3.63) is 46.7 Å². The zero-order valence-corrected chi connectivity index (χ0v) is 12.1. The average molecular weight is 269 g/mol. The summed E-state index contributed by atoms with van der Waals surface area (Å²) in [4.78, 5) is 18.9. The lowest BCUT2D eigenvalue weighted by molar-refractivity contribution is -0.118. The molecule has 0 radical (unpaired) electrons. The first kappa shape index (κ1) is 12.9. The lowest BCUT2D eigenvalue weighted by Gasteiger charge is -2.17. The predicted molar refractivity (Wildman–Crippen MR) is 79.7 cm³/mol. The van der Waals surface area contributed by atoms with Crippen molar-refractivity contribution in [1.29, 1.82) is 0 Å². The van der Waals surface area contributed by atoms with Crippen molar-refractivity contribution in [2.75, 3.05) is 20.1 Å². The Morgan fingerprint density at radius 2 is 1.95 bits per heavy atom. The molecule has 0 spiro atoms. The highest BCUT2D eigenvalue weighted by Gasteiger charge is 2.36. The van der Waals surface area contributed by atoms with Crippen LogP contribution in [-0.4, -0.2) is 36.7 Å². The van der Waals surface area contributed by atoms with E-state index < -0.39 is 0 Å². The molecule has 2 aliphatic rings. The van der Waals surface area contributed by atoms with Crippen LogP contribution in [0.1, 0.15) is 24.1 Å². The number of benzene rings is 1. The molecule has 0 fully saturated rings. The number of nitrogens with zero attached hydrogens (tertiary/aromatic N) is 2. The molecule has 2 aliphatic heterocycles. The van der Waals surface area contributed by atoms with Crippen molar-refractivity contribution in [3.63, 3.8) is 0 Å². The third-order valence-corrected chi connectivity index (χ3v) is 4.00. The second-order valence-corrected chi connectivity index (χ2v) is 5.47. The normalized spacial score (nSPS) is 22.4. The van der Waals surface area contributed by atoms with Crippen LogP contribution in [0.2, 0.25) is 0 Å². The number of hydrogen-bond donors (Lipinski definition) is 1. The average Bonchev–Trinajstić information content (AvgIpc) is 2.69. The number of carbonyl (C=O) groups is 1. The summed E-state index contributed by atoms with van der Waals surface area (Å²) in [6.07, 6.45) is 0. The molecule has 104 valence electrons. The van der Waals surface area contributed by atoms with Crippen LogP contribution in [0.3, 0.4) is 0 Å². The molecule has 0 saturated heterocycles. The van der Waals surface area contributed by atoms with Crippen molar-refractivity contribution >= 4 is 11.6 Å². The minimum absolute atomic E-state index is 0.00419. The highest BCUT2D eigenvalue weighted by atomic mass is 16.2. The molecular formula is C16H19N3O. The Kier molecular flexibility index (Phi) is 3.08. The van der Waals surface area contributed by atoms with Crippen LogP contribution in [0, 0.1) is 6.92 Å². The van der Waals surface area contributed by atoms with E-state index in [-0.39, 0.29) is 11.9 Å². The van der Waals surface area contributed by atoms with Gasteiger partial charge < -0.3 is 10.2 Å². The fraction of sp³-hybridized carbons (Fsp3) is 0.375. The number of likely N-dealkylation sites (N-methyl/N-ethyl adjacent to an activating group) is 1. The zero-order valence-electron chi connectivity index (χ0n) is 12.1. The van der Waals surface area contributed by atoms with Crippen LogP contribution >= 0.6 is 0 Å². The highest BCUT2D eigenvalue weighted by molar-refractivity contribution is 6.11. The van der Waals surface area contributed by atoms with Gasteiger partial charge in [-0.3, -0.25) is 9.79 Å². The zero-order chi connectivity index (χ0) is 14.3. The van der Waals surface area contributed by atoms with Crippen LogP contribution in [0.4, 0.5) is 0 Å². The van der Waals surface area contributed by atoms with Crippen molar-refractivity contribution in [2.24, 2.45) is 4.99 Å². The van der Waals surface area contributed by atoms with Gasteiger partial charge in [0.05, 0.1) is 12.6 Å². The Hall–Kier alpha value is -2.10. The minimum atomic E-state index is -0.0811. The molecular weight excluding hydrogens is 250 g/mol. The molecule has 20 heavy (non-hydrogen) atoms. The van der Waals surface area contributed by atoms with E-state index in [9.17, 15) is 4.79 Å². The maximum Gasteiger partial charge on any atom is 0.268 e. The van der Waals surface area contributed by atoms with E-state index in [4.69, 9.17) is 0 Å². The number of aliphatic imine (C=N–C) groups is 1. The first-order valence-electron chi connectivity index (χ1n) is 6.92. The summed E-state index contributed by atoms with van der Waals surface area (Å²) in [7, 11) is 1.96. The monoisotopic (exact) mass is 269 g/mol. The van der Waals surface area contributed by atoms with Gasteiger partial charge in [-0.1, -0.05) is 29.8 Å². The summed E-state index contributed by atoms with van der Waals surface area (Å²) in [6.45, 7) is 5.58. The van der Waals surface area contributed by atoms with Gasteiger partial charge in [-0.25, -0.2) is 0 Å². The number of nitrogens with one attached hydrogen (secondary N) is 1. The lowest BCUT2D eigenvalue weighted by atomic mass is 9.96. The number of rotatable bonds is 1. The number of aryl methyl sites for hydroxylation is 1. The maximum atomic E-state index is 12.3. The van der Waals surface area contributed by atoms with Crippen LogP contribution < -0.4 is 5.32 Å². The molecule has 1 aromatic carbocycles. The van der Waals surface area contributed by atoms with E-state index in [1.807, 2.05) is 18.9 Å². The summed E-state index contributed by atoms with van der Waals surface area (Å²) in [6, 6.07) is 8.23. The lowest BCUT2D eigenvalue weighted by Crippen LogP contribution is -2.29. The van der Waals surface area contributed by atoms with E-state index in [0.29, 0.717) is 0 Å². The Morgan fingerprint density at radius 1 is 1.25 bits per heavy atom. The molecule has 1 amide bonds. The Balaban J connectivity index is 2.09. The molecule has 0 aliphatic carbocycles. The molecule has 4 nitrogen and oxygen atoms in total. The molecule has 4 heteroatoms. The minimum Gasteiger partial charge on any atom is -0.368 e. The third-order valence-electron chi connectivity index (χ3n) is 4.00. The van der Waals surface area contributed by atoms with Crippen molar-refractivity contribution in [3.8, 4) is 0 Å². The van der Waals surface area contributed by atoms with Gasteiger partial charge >= 0.3 is 0 Å². The smallest absolute Gasteiger partial charge is 0.268 e. The van der Waals surface area contributed by atoms with E-state index in [2.05, 4.69) is 41.5 Å². The molecule has 1 unspecified atom stereocenters.